The number of para-hydroxylation sites is 1. The summed E-state index contributed by atoms with van der Waals surface area (Å²) in [6, 6.07) is 5.31. The van der Waals surface area contributed by atoms with Crippen LogP contribution in [0.5, 0.6) is 0 Å². The molecule has 0 aromatic heterocycles. The van der Waals surface area contributed by atoms with Gasteiger partial charge in [0.25, 0.3) is 5.69 Å². The fraction of sp³-hybridized carbons (Fsp3) is 0.500. The molecule has 0 aliphatic carbocycles. The van der Waals surface area contributed by atoms with E-state index >= 15 is 0 Å². The molecule has 0 radical (unpaired) electrons. The van der Waals surface area contributed by atoms with Crippen LogP contribution in [0.2, 0.25) is 0 Å². The molecule has 20 heavy (non-hydrogen) atoms. The number of nitrogens with one attached hydrogen (secondary N) is 1. The van der Waals surface area contributed by atoms with Crippen LogP contribution in [-0.4, -0.2) is 30.4 Å². The maximum atomic E-state index is 12.1. The first-order valence-electron chi connectivity index (χ1n) is 6.00. The van der Waals surface area contributed by atoms with Crippen LogP contribution in [0.25, 0.3) is 0 Å². The average molecular weight is 318 g/mol. The number of thioether (sulfide) groups is 1. The van der Waals surface area contributed by atoms with Gasteiger partial charge in [-0.25, -0.2) is 13.1 Å². The van der Waals surface area contributed by atoms with Crippen molar-refractivity contribution in [3.05, 3.63) is 34.4 Å². The van der Waals surface area contributed by atoms with Gasteiger partial charge in [-0.05, 0) is 6.07 Å². The van der Waals surface area contributed by atoms with Crippen LogP contribution >= 0.6 is 11.8 Å². The Morgan fingerprint density at radius 2 is 1.90 bits per heavy atom. The van der Waals surface area contributed by atoms with Crippen molar-refractivity contribution in [1.82, 2.24) is 4.72 Å². The van der Waals surface area contributed by atoms with Crippen molar-refractivity contribution >= 4 is 27.5 Å². The molecular formula is C12H18N2O4S2. The number of hydrogen-bond donors (Lipinski definition) is 1. The third kappa shape index (κ3) is 5.10. The van der Waals surface area contributed by atoms with Gasteiger partial charge in [-0.1, -0.05) is 32.9 Å². The fourth-order valence-corrected chi connectivity index (χ4v) is 3.59. The Hall–Kier alpha value is -1.12. The molecule has 0 amide bonds. The maximum absolute atomic E-state index is 12.1. The van der Waals surface area contributed by atoms with E-state index in [2.05, 4.69) is 4.72 Å². The van der Waals surface area contributed by atoms with E-state index in [9.17, 15) is 18.5 Å². The summed E-state index contributed by atoms with van der Waals surface area (Å²) in [5, 5.41) is 10.8. The molecule has 0 heterocycles. The zero-order valence-electron chi connectivity index (χ0n) is 11.6. The van der Waals surface area contributed by atoms with Crippen LogP contribution in [0.1, 0.15) is 20.8 Å². The lowest BCUT2D eigenvalue weighted by atomic mass is 10.3. The summed E-state index contributed by atoms with van der Waals surface area (Å²) in [7, 11) is -3.86. The summed E-state index contributed by atoms with van der Waals surface area (Å²) in [6.45, 7) is 6.34. The quantitative estimate of drug-likeness (QED) is 0.494. The van der Waals surface area contributed by atoms with Gasteiger partial charge < -0.3 is 0 Å². The Kier molecular flexibility index (Phi) is 5.55. The highest BCUT2D eigenvalue weighted by molar-refractivity contribution is 8.00. The van der Waals surface area contributed by atoms with E-state index in [1.807, 2.05) is 20.8 Å². The Balaban J connectivity index is 2.78. The maximum Gasteiger partial charge on any atom is 0.289 e. The molecule has 1 rings (SSSR count). The molecule has 0 aliphatic rings. The van der Waals surface area contributed by atoms with Crippen molar-refractivity contribution in [2.45, 2.75) is 30.4 Å². The average Bonchev–Trinajstić information content (AvgIpc) is 2.33. The second-order valence-electron chi connectivity index (χ2n) is 5.08. The van der Waals surface area contributed by atoms with Crippen molar-refractivity contribution in [2.75, 3.05) is 12.3 Å². The highest BCUT2D eigenvalue weighted by Gasteiger charge is 2.24. The monoisotopic (exact) mass is 318 g/mol. The van der Waals surface area contributed by atoms with Crippen LogP contribution in [-0.2, 0) is 10.0 Å². The lowest BCUT2D eigenvalue weighted by molar-refractivity contribution is -0.387. The second-order valence-corrected chi connectivity index (χ2v) is 8.74. The summed E-state index contributed by atoms with van der Waals surface area (Å²) in [6.07, 6.45) is 0. The van der Waals surface area contributed by atoms with Crippen molar-refractivity contribution < 1.29 is 13.3 Å². The van der Waals surface area contributed by atoms with Gasteiger partial charge in [-0.3, -0.25) is 10.1 Å². The molecule has 1 N–H and O–H groups in total. The summed E-state index contributed by atoms with van der Waals surface area (Å²) in [5.41, 5.74) is -0.413. The molecule has 1 aromatic rings. The van der Waals surface area contributed by atoms with Crippen LogP contribution in [0.3, 0.4) is 0 Å². The molecule has 0 bridgehead atoms. The summed E-state index contributed by atoms with van der Waals surface area (Å²) >= 11 is 1.62. The minimum Gasteiger partial charge on any atom is -0.258 e. The lowest BCUT2D eigenvalue weighted by Gasteiger charge is -2.17. The lowest BCUT2D eigenvalue weighted by Crippen LogP contribution is -2.27. The number of rotatable bonds is 6. The van der Waals surface area contributed by atoms with Gasteiger partial charge in [-0.15, -0.1) is 0 Å². The largest absolute Gasteiger partial charge is 0.289 e. The van der Waals surface area contributed by atoms with Crippen molar-refractivity contribution in [1.29, 1.82) is 0 Å². The number of sulfonamides is 1. The predicted octanol–water partition coefficient (Wildman–Crippen LogP) is 2.40. The van der Waals surface area contributed by atoms with Crippen molar-refractivity contribution in [3.8, 4) is 0 Å². The van der Waals surface area contributed by atoms with E-state index < -0.39 is 20.6 Å². The molecule has 1 aromatic carbocycles. The van der Waals surface area contributed by atoms with E-state index in [0.717, 1.165) is 0 Å². The van der Waals surface area contributed by atoms with Gasteiger partial charge in [0, 0.05) is 23.1 Å². The third-order valence-electron chi connectivity index (χ3n) is 2.28. The number of benzene rings is 1. The Labute approximate surface area is 123 Å². The minimum absolute atomic E-state index is 0.0458. The molecule has 112 valence electrons. The Morgan fingerprint density at radius 1 is 1.30 bits per heavy atom. The summed E-state index contributed by atoms with van der Waals surface area (Å²) in [5.74, 6) is 0.601. The summed E-state index contributed by atoms with van der Waals surface area (Å²) in [4.78, 5) is 9.84. The van der Waals surface area contributed by atoms with Crippen LogP contribution in [0.15, 0.2) is 29.2 Å². The molecule has 6 nitrogen and oxygen atoms in total. The van der Waals surface area contributed by atoms with Crippen LogP contribution < -0.4 is 4.72 Å². The number of hydrogen-bond acceptors (Lipinski definition) is 5. The number of nitrogens with zero attached hydrogens (tertiary/aromatic N) is 1. The third-order valence-corrected chi connectivity index (χ3v) is 5.06. The first kappa shape index (κ1) is 16.9. The normalized spacial score (nSPS) is 12.3. The highest BCUT2D eigenvalue weighted by atomic mass is 32.2. The Morgan fingerprint density at radius 3 is 2.45 bits per heavy atom. The number of nitro groups is 1. The minimum atomic E-state index is -3.86. The van der Waals surface area contributed by atoms with Crippen molar-refractivity contribution in [3.63, 3.8) is 0 Å². The SMILES string of the molecule is CC(C)(C)SCCNS(=O)(=O)c1ccccc1[N+](=O)[O-]. The van der Waals surface area contributed by atoms with Gasteiger partial charge >= 0.3 is 0 Å². The molecule has 8 heteroatoms. The Bertz CT molecular complexity index is 579. The second kappa shape index (κ2) is 6.55. The van der Waals surface area contributed by atoms with E-state index in [4.69, 9.17) is 0 Å². The van der Waals surface area contributed by atoms with Gasteiger partial charge in [0.2, 0.25) is 10.0 Å². The van der Waals surface area contributed by atoms with E-state index in [-0.39, 0.29) is 16.2 Å². The predicted molar refractivity (Wildman–Crippen MR) is 80.5 cm³/mol. The molecule has 0 aliphatic heterocycles. The fourth-order valence-electron chi connectivity index (χ4n) is 1.45. The van der Waals surface area contributed by atoms with Gasteiger partial charge in [0.15, 0.2) is 4.90 Å². The zero-order chi connectivity index (χ0) is 15.4. The molecule has 0 unspecified atom stereocenters. The molecule has 0 atom stereocenters. The zero-order valence-corrected chi connectivity index (χ0v) is 13.3. The van der Waals surface area contributed by atoms with Crippen LogP contribution in [0.4, 0.5) is 5.69 Å². The van der Waals surface area contributed by atoms with Crippen LogP contribution in [0, 0.1) is 10.1 Å². The van der Waals surface area contributed by atoms with Crippen molar-refractivity contribution in [2.24, 2.45) is 0 Å². The summed E-state index contributed by atoms with van der Waals surface area (Å²) < 4.78 is 26.6. The smallest absolute Gasteiger partial charge is 0.258 e. The molecule has 0 spiro atoms. The standard InChI is InChI=1S/C12H18N2O4S2/c1-12(2,3)19-9-8-13-20(17,18)11-7-5-4-6-10(11)14(15)16/h4-7,13H,8-9H2,1-3H3. The first-order valence-corrected chi connectivity index (χ1v) is 8.47. The van der Waals surface area contributed by atoms with E-state index in [1.54, 1.807) is 11.8 Å². The van der Waals surface area contributed by atoms with Gasteiger partial charge in [0.1, 0.15) is 0 Å². The van der Waals surface area contributed by atoms with Gasteiger partial charge in [-0.2, -0.15) is 11.8 Å². The van der Waals surface area contributed by atoms with E-state index in [0.29, 0.717) is 5.75 Å². The topological polar surface area (TPSA) is 89.3 Å². The van der Waals surface area contributed by atoms with Gasteiger partial charge in [0.05, 0.1) is 4.92 Å². The molecule has 0 fully saturated rings. The van der Waals surface area contributed by atoms with E-state index in [1.165, 1.54) is 24.3 Å². The molecule has 0 saturated heterocycles. The highest BCUT2D eigenvalue weighted by Crippen LogP contribution is 2.24. The number of nitro benzene ring substituents is 1. The molecule has 0 saturated carbocycles. The first-order chi connectivity index (χ1) is 9.13. The molecular weight excluding hydrogens is 300 g/mol.